The molecule has 7 nitrogen and oxygen atoms in total. The number of rotatable bonds is 11. The Morgan fingerprint density at radius 2 is 2.00 bits per heavy atom. The number of carboxylic acids is 1. The number of pyridine rings is 1. The summed E-state index contributed by atoms with van der Waals surface area (Å²) in [6.07, 6.45) is 3.55. The largest absolute Gasteiger partial charge is 0.497 e. The number of carboxylic acid groups (broad SMARTS) is 1. The standard InChI is InChI=1S/C28H34FN3O4/c1-36-22-9-10-25-23(16-22)27(24(29)17-30-25)21(19-33)11-13-32-15-14-31(18-26(32)28(34)35)12-5-8-20-6-3-2-4-7-20/h2-4,6-7,9-10,16-17,21,26,33H,5,8,11-15,18-19H2,1H3,(H,34,35)/t21?,26-/m1/s1. The smallest absolute Gasteiger partial charge is 0.322 e. The number of halogens is 1. The van der Waals surface area contributed by atoms with Crippen molar-refractivity contribution in [1.82, 2.24) is 14.8 Å². The number of aliphatic carboxylic acids is 1. The number of carbonyl (C=O) groups is 1. The molecular formula is C28H34FN3O4. The van der Waals surface area contributed by atoms with Crippen molar-refractivity contribution in [3.05, 3.63) is 71.7 Å². The molecule has 0 bridgehead atoms. The first-order valence-electron chi connectivity index (χ1n) is 12.5. The monoisotopic (exact) mass is 495 g/mol. The van der Waals surface area contributed by atoms with Crippen molar-refractivity contribution in [2.24, 2.45) is 0 Å². The van der Waals surface area contributed by atoms with E-state index in [1.165, 1.54) is 11.8 Å². The van der Waals surface area contributed by atoms with Gasteiger partial charge in [-0.15, -0.1) is 0 Å². The Morgan fingerprint density at radius 1 is 1.19 bits per heavy atom. The summed E-state index contributed by atoms with van der Waals surface area (Å²) in [5, 5.41) is 20.7. The molecule has 192 valence electrons. The van der Waals surface area contributed by atoms with Crippen LogP contribution in [0, 0.1) is 5.82 Å². The van der Waals surface area contributed by atoms with Crippen molar-refractivity contribution in [1.29, 1.82) is 0 Å². The lowest BCUT2D eigenvalue weighted by Gasteiger charge is -2.40. The first-order valence-corrected chi connectivity index (χ1v) is 12.5. The third-order valence-electron chi connectivity index (χ3n) is 7.10. The summed E-state index contributed by atoms with van der Waals surface area (Å²) in [5.74, 6) is -1.23. The van der Waals surface area contributed by atoms with Crippen molar-refractivity contribution < 1.29 is 24.1 Å². The fraction of sp³-hybridized carbons (Fsp3) is 0.429. The van der Waals surface area contributed by atoms with Crippen LogP contribution in [0.5, 0.6) is 5.75 Å². The van der Waals surface area contributed by atoms with Crippen LogP contribution >= 0.6 is 0 Å². The molecule has 0 aliphatic carbocycles. The molecule has 4 rings (SSSR count). The van der Waals surface area contributed by atoms with Crippen molar-refractivity contribution in [3.63, 3.8) is 0 Å². The lowest BCUT2D eigenvalue weighted by molar-refractivity contribution is -0.146. The van der Waals surface area contributed by atoms with Crippen LogP contribution in [0.15, 0.2) is 54.7 Å². The number of nitrogens with zero attached hydrogens (tertiary/aromatic N) is 3. The first-order chi connectivity index (χ1) is 17.5. The molecular weight excluding hydrogens is 461 g/mol. The lowest BCUT2D eigenvalue weighted by Crippen LogP contribution is -2.56. The second-order valence-electron chi connectivity index (χ2n) is 9.35. The Hall–Kier alpha value is -3.07. The summed E-state index contributed by atoms with van der Waals surface area (Å²) in [4.78, 5) is 20.4. The van der Waals surface area contributed by atoms with E-state index in [-0.39, 0.29) is 6.61 Å². The maximum Gasteiger partial charge on any atom is 0.322 e. The normalized spacial score (nSPS) is 17.8. The lowest BCUT2D eigenvalue weighted by atomic mass is 9.92. The van der Waals surface area contributed by atoms with Crippen molar-refractivity contribution in [2.45, 2.75) is 31.2 Å². The van der Waals surface area contributed by atoms with E-state index in [1.54, 1.807) is 25.3 Å². The zero-order valence-electron chi connectivity index (χ0n) is 20.6. The van der Waals surface area contributed by atoms with E-state index in [0.717, 1.165) is 25.9 Å². The predicted octanol–water partition coefficient (Wildman–Crippen LogP) is 3.55. The molecule has 0 saturated carbocycles. The molecule has 2 aromatic carbocycles. The highest BCUT2D eigenvalue weighted by Crippen LogP contribution is 2.32. The Bertz CT molecular complexity index is 1160. The Labute approximate surface area is 211 Å². The van der Waals surface area contributed by atoms with Crippen LogP contribution in [0.2, 0.25) is 0 Å². The topological polar surface area (TPSA) is 86.1 Å². The highest BCUT2D eigenvalue weighted by molar-refractivity contribution is 5.84. The molecule has 2 heterocycles. The first kappa shape index (κ1) is 26.0. The predicted molar refractivity (Wildman–Crippen MR) is 137 cm³/mol. The second kappa shape index (κ2) is 12.3. The maximum atomic E-state index is 14.9. The van der Waals surface area contributed by atoms with Gasteiger partial charge in [-0.3, -0.25) is 19.6 Å². The summed E-state index contributed by atoms with van der Waals surface area (Å²) >= 11 is 0. The number of benzene rings is 2. The summed E-state index contributed by atoms with van der Waals surface area (Å²) < 4.78 is 20.2. The van der Waals surface area contributed by atoms with E-state index in [1.807, 2.05) is 23.1 Å². The minimum atomic E-state index is -0.853. The van der Waals surface area contributed by atoms with Crippen LogP contribution in [0.1, 0.15) is 29.9 Å². The maximum absolute atomic E-state index is 14.9. The molecule has 36 heavy (non-hydrogen) atoms. The van der Waals surface area contributed by atoms with E-state index in [4.69, 9.17) is 4.74 Å². The van der Waals surface area contributed by atoms with Gasteiger partial charge in [0.15, 0.2) is 0 Å². The van der Waals surface area contributed by atoms with Crippen LogP contribution in [-0.4, -0.2) is 83.4 Å². The third kappa shape index (κ3) is 6.19. The van der Waals surface area contributed by atoms with Crippen LogP contribution in [0.25, 0.3) is 10.9 Å². The van der Waals surface area contributed by atoms with Gasteiger partial charge in [0.05, 0.1) is 25.4 Å². The molecule has 2 N–H and O–H groups in total. The fourth-order valence-corrected chi connectivity index (χ4v) is 5.09. The highest BCUT2D eigenvalue weighted by atomic mass is 19.1. The zero-order valence-corrected chi connectivity index (χ0v) is 20.6. The number of methoxy groups -OCH3 is 1. The number of ether oxygens (including phenoxy) is 1. The van der Waals surface area contributed by atoms with Gasteiger partial charge in [0.1, 0.15) is 17.6 Å². The number of piperazine rings is 1. The van der Waals surface area contributed by atoms with Crippen molar-refractivity contribution >= 4 is 16.9 Å². The molecule has 1 saturated heterocycles. The van der Waals surface area contributed by atoms with Crippen molar-refractivity contribution in [2.75, 3.05) is 46.4 Å². The number of fused-ring (bicyclic) bond motifs is 1. The Morgan fingerprint density at radius 3 is 2.72 bits per heavy atom. The van der Waals surface area contributed by atoms with Gasteiger partial charge in [0.2, 0.25) is 0 Å². The van der Waals surface area contributed by atoms with E-state index >= 15 is 0 Å². The fourth-order valence-electron chi connectivity index (χ4n) is 5.09. The minimum absolute atomic E-state index is 0.246. The SMILES string of the molecule is COc1ccc2ncc(F)c(C(CO)CCN3CCN(CCCc4ccccc4)C[C@@H]3C(=O)O)c2c1. The van der Waals surface area contributed by atoms with E-state index < -0.39 is 23.7 Å². The second-order valence-corrected chi connectivity index (χ2v) is 9.35. The highest BCUT2D eigenvalue weighted by Gasteiger charge is 2.32. The van der Waals surface area contributed by atoms with Gasteiger partial charge in [-0.2, -0.15) is 0 Å². The average molecular weight is 496 g/mol. The molecule has 1 unspecified atom stereocenters. The Balaban J connectivity index is 1.40. The molecule has 0 spiro atoms. The molecule has 2 atom stereocenters. The summed E-state index contributed by atoms with van der Waals surface area (Å²) in [6, 6.07) is 14.9. The number of hydrogen-bond acceptors (Lipinski definition) is 6. The molecule has 1 fully saturated rings. The zero-order chi connectivity index (χ0) is 25.5. The van der Waals surface area contributed by atoms with E-state index in [0.29, 0.717) is 48.3 Å². The quantitative estimate of drug-likeness (QED) is 0.421. The van der Waals surface area contributed by atoms with Crippen molar-refractivity contribution in [3.8, 4) is 5.75 Å². The number of aromatic nitrogens is 1. The molecule has 0 amide bonds. The van der Waals surface area contributed by atoms with Crippen LogP contribution < -0.4 is 4.74 Å². The molecule has 1 aromatic heterocycles. The molecule has 8 heteroatoms. The van der Waals surface area contributed by atoms with E-state index in [2.05, 4.69) is 22.0 Å². The molecule has 0 radical (unpaired) electrons. The molecule has 1 aliphatic rings. The van der Waals surface area contributed by atoms with Crippen LogP contribution in [0.4, 0.5) is 4.39 Å². The summed E-state index contributed by atoms with van der Waals surface area (Å²) in [6.45, 7) is 2.91. The molecule has 3 aromatic rings. The van der Waals surface area contributed by atoms with Crippen LogP contribution in [-0.2, 0) is 11.2 Å². The minimum Gasteiger partial charge on any atom is -0.497 e. The van der Waals surface area contributed by atoms with Gasteiger partial charge in [-0.05, 0) is 56.1 Å². The van der Waals surface area contributed by atoms with Gasteiger partial charge in [-0.1, -0.05) is 30.3 Å². The average Bonchev–Trinajstić information content (AvgIpc) is 2.90. The number of aliphatic hydroxyl groups excluding tert-OH is 1. The number of hydrogen-bond donors (Lipinski definition) is 2. The van der Waals surface area contributed by atoms with Gasteiger partial charge in [0.25, 0.3) is 0 Å². The summed E-state index contributed by atoms with van der Waals surface area (Å²) in [5.41, 5.74) is 2.31. The Kier molecular flexibility index (Phi) is 8.85. The molecule has 1 aliphatic heterocycles. The third-order valence-corrected chi connectivity index (χ3v) is 7.10. The summed E-state index contributed by atoms with van der Waals surface area (Å²) in [7, 11) is 1.55. The van der Waals surface area contributed by atoms with Gasteiger partial charge in [-0.25, -0.2) is 4.39 Å². The number of aliphatic hydroxyl groups is 1. The van der Waals surface area contributed by atoms with Crippen LogP contribution in [0.3, 0.4) is 0 Å². The van der Waals surface area contributed by atoms with Gasteiger partial charge < -0.3 is 14.9 Å². The number of aryl methyl sites for hydroxylation is 1. The van der Waals surface area contributed by atoms with Gasteiger partial charge >= 0.3 is 5.97 Å². The van der Waals surface area contributed by atoms with Gasteiger partial charge in [0, 0.05) is 36.5 Å². The van der Waals surface area contributed by atoms with E-state index in [9.17, 15) is 19.4 Å².